The zero-order chi connectivity index (χ0) is 13.9. The lowest BCUT2D eigenvalue weighted by Gasteiger charge is -2.42. The summed E-state index contributed by atoms with van der Waals surface area (Å²) in [6.07, 6.45) is 4.74. The maximum Gasteiger partial charge on any atom is 0.239 e. The van der Waals surface area contributed by atoms with E-state index in [0.717, 1.165) is 6.42 Å². The molecule has 1 aliphatic carbocycles. The molecule has 1 fully saturated rings. The fraction of sp³-hybridized carbons (Fsp3) is 0.929. The molecule has 1 rings (SSSR count). The summed E-state index contributed by atoms with van der Waals surface area (Å²) >= 11 is 0. The van der Waals surface area contributed by atoms with E-state index in [9.17, 15) is 4.79 Å². The SMILES string of the molecule is CC(C)[C@H](N)C(=O)N(C)C1CCCCC1N(C)C. The van der Waals surface area contributed by atoms with Gasteiger partial charge < -0.3 is 15.5 Å². The van der Waals surface area contributed by atoms with Crippen LogP contribution in [-0.4, -0.2) is 55.0 Å². The minimum atomic E-state index is -0.375. The third-order valence-corrected chi connectivity index (χ3v) is 4.21. The van der Waals surface area contributed by atoms with Crippen LogP contribution >= 0.6 is 0 Å². The summed E-state index contributed by atoms with van der Waals surface area (Å²) in [6.45, 7) is 4.00. The number of carbonyl (C=O) groups is 1. The number of rotatable bonds is 4. The zero-order valence-corrected chi connectivity index (χ0v) is 12.5. The molecule has 1 amide bonds. The van der Waals surface area contributed by atoms with E-state index in [1.165, 1.54) is 19.3 Å². The number of carbonyl (C=O) groups excluding carboxylic acids is 1. The highest BCUT2D eigenvalue weighted by Gasteiger charge is 2.34. The van der Waals surface area contributed by atoms with Crippen LogP contribution in [0.1, 0.15) is 39.5 Å². The van der Waals surface area contributed by atoms with Crippen LogP contribution in [0, 0.1) is 5.92 Å². The maximum atomic E-state index is 12.3. The Hall–Kier alpha value is -0.610. The Morgan fingerprint density at radius 1 is 1.11 bits per heavy atom. The van der Waals surface area contributed by atoms with Crippen LogP contribution in [0.5, 0.6) is 0 Å². The lowest BCUT2D eigenvalue weighted by Crippen LogP contribution is -2.56. The van der Waals surface area contributed by atoms with E-state index in [4.69, 9.17) is 5.73 Å². The summed E-state index contributed by atoms with van der Waals surface area (Å²) in [5, 5.41) is 0. The van der Waals surface area contributed by atoms with Crippen molar-refractivity contribution in [2.45, 2.75) is 57.7 Å². The molecule has 4 nitrogen and oxygen atoms in total. The van der Waals surface area contributed by atoms with Gasteiger partial charge in [0.05, 0.1) is 6.04 Å². The standard InChI is InChI=1S/C14H29N3O/c1-10(2)13(15)14(18)17(5)12-9-7-6-8-11(12)16(3)4/h10-13H,6-9,15H2,1-5H3/t11?,12?,13-/m0/s1. The van der Waals surface area contributed by atoms with Gasteiger partial charge in [-0.25, -0.2) is 0 Å². The first-order valence-corrected chi connectivity index (χ1v) is 7.05. The van der Waals surface area contributed by atoms with Crippen molar-refractivity contribution in [1.82, 2.24) is 9.80 Å². The third kappa shape index (κ3) is 3.45. The molecular weight excluding hydrogens is 226 g/mol. The van der Waals surface area contributed by atoms with Gasteiger partial charge in [-0.2, -0.15) is 0 Å². The molecule has 0 aromatic rings. The molecule has 3 atom stereocenters. The summed E-state index contributed by atoms with van der Waals surface area (Å²) in [6, 6.07) is 0.401. The first-order valence-electron chi connectivity index (χ1n) is 7.05. The molecule has 0 radical (unpaired) electrons. The normalized spacial score (nSPS) is 26.4. The molecule has 0 aromatic heterocycles. The molecule has 1 aliphatic rings. The fourth-order valence-corrected chi connectivity index (χ4v) is 2.83. The van der Waals surface area contributed by atoms with Gasteiger partial charge in [0.15, 0.2) is 0 Å². The van der Waals surface area contributed by atoms with Gasteiger partial charge >= 0.3 is 0 Å². The summed E-state index contributed by atoms with van der Waals surface area (Å²) < 4.78 is 0. The molecule has 0 aromatic carbocycles. The molecule has 2 unspecified atom stereocenters. The van der Waals surface area contributed by atoms with Crippen LogP contribution in [0.15, 0.2) is 0 Å². The van der Waals surface area contributed by atoms with Crippen LogP contribution in [0.2, 0.25) is 0 Å². The average molecular weight is 255 g/mol. The Kier molecular flexibility index (Phi) is 5.60. The van der Waals surface area contributed by atoms with Crippen LogP contribution < -0.4 is 5.73 Å². The molecule has 2 N–H and O–H groups in total. The lowest BCUT2D eigenvalue weighted by atomic mass is 9.88. The Bertz CT molecular complexity index is 278. The largest absolute Gasteiger partial charge is 0.340 e. The summed E-state index contributed by atoms with van der Waals surface area (Å²) in [4.78, 5) is 16.5. The van der Waals surface area contributed by atoms with E-state index in [-0.39, 0.29) is 17.9 Å². The van der Waals surface area contributed by atoms with Crippen LogP contribution in [0.25, 0.3) is 0 Å². The van der Waals surface area contributed by atoms with E-state index in [1.807, 2.05) is 25.8 Å². The maximum absolute atomic E-state index is 12.3. The second kappa shape index (κ2) is 6.53. The van der Waals surface area contributed by atoms with Crippen molar-refractivity contribution in [2.75, 3.05) is 21.1 Å². The summed E-state index contributed by atoms with van der Waals surface area (Å²) in [7, 11) is 6.12. The third-order valence-electron chi connectivity index (χ3n) is 4.21. The highest BCUT2D eigenvalue weighted by atomic mass is 16.2. The Morgan fingerprint density at radius 3 is 2.06 bits per heavy atom. The van der Waals surface area contributed by atoms with Crippen molar-refractivity contribution < 1.29 is 4.79 Å². The molecular formula is C14H29N3O. The van der Waals surface area contributed by atoms with Gasteiger partial charge in [-0.15, -0.1) is 0 Å². The molecule has 0 bridgehead atoms. The van der Waals surface area contributed by atoms with Crippen molar-refractivity contribution in [3.63, 3.8) is 0 Å². The smallest absolute Gasteiger partial charge is 0.239 e. The quantitative estimate of drug-likeness (QED) is 0.824. The topological polar surface area (TPSA) is 49.6 Å². The molecule has 0 aliphatic heterocycles. The number of hydrogen-bond donors (Lipinski definition) is 1. The van der Waals surface area contributed by atoms with Crippen LogP contribution in [0.4, 0.5) is 0 Å². The van der Waals surface area contributed by atoms with Gasteiger partial charge in [-0.05, 0) is 32.9 Å². The minimum Gasteiger partial charge on any atom is -0.340 e. The Labute approximate surface area is 111 Å². The predicted octanol–water partition coefficient (Wildman–Crippen LogP) is 1.30. The molecule has 0 spiro atoms. The van der Waals surface area contributed by atoms with Gasteiger partial charge in [0.2, 0.25) is 5.91 Å². The Balaban J connectivity index is 2.74. The van der Waals surface area contributed by atoms with Crippen molar-refractivity contribution >= 4 is 5.91 Å². The van der Waals surface area contributed by atoms with E-state index < -0.39 is 0 Å². The second-order valence-electron chi connectivity index (χ2n) is 6.10. The van der Waals surface area contributed by atoms with Gasteiger partial charge in [0.1, 0.15) is 0 Å². The van der Waals surface area contributed by atoms with Crippen molar-refractivity contribution in [3.05, 3.63) is 0 Å². The van der Waals surface area contributed by atoms with Gasteiger partial charge in [0.25, 0.3) is 0 Å². The molecule has 106 valence electrons. The number of hydrogen-bond acceptors (Lipinski definition) is 3. The van der Waals surface area contributed by atoms with Crippen molar-refractivity contribution in [3.8, 4) is 0 Å². The van der Waals surface area contributed by atoms with Crippen molar-refractivity contribution in [2.24, 2.45) is 11.7 Å². The molecule has 0 heterocycles. The van der Waals surface area contributed by atoms with E-state index in [0.29, 0.717) is 12.1 Å². The first kappa shape index (κ1) is 15.4. The lowest BCUT2D eigenvalue weighted by molar-refractivity contribution is -0.136. The summed E-state index contributed by atoms with van der Waals surface area (Å²) in [5.74, 6) is 0.282. The van der Waals surface area contributed by atoms with E-state index >= 15 is 0 Å². The number of nitrogens with zero attached hydrogens (tertiary/aromatic N) is 2. The molecule has 1 saturated carbocycles. The highest BCUT2D eigenvalue weighted by molar-refractivity contribution is 5.82. The summed E-state index contributed by atoms with van der Waals surface area (Å²) in [5.41, 5.74) is 5.98. The minimum absolute atomic E-state index is 0.0868. The van der Waals surface area contributed by atoms with Crippen LogP contribution in [-0.2, 0) is 4.79 Å². The molecule has 0 saturated heterocycles. The van der Waals surface area contributed by atoms with Gasteiger partial charge in [0, 0.05) is 19.1 Å². The number of nitrogens with two attached hydrogens (primary N) is 1. The van der Waals surface area contributed by atoms with E-state index in [1.54, 1.807) is 0 Å². The zero-order valence-electron chi connectivity index (χ0n) is 12.5. The average Bonchev–Trinajstić information content (AvgIpc) is 2.35. The molecule has 18 heavy (non-hydrogen) atoms. The Morgan fingerprint density at radius 2 is 1.61 bits per heavy atom. The number of amides is 1. The first-order chi connectivity index (χ1) is 8.36. The van der Waals surface area contributed by atoms with Crippen LogP contribution in [0.3, 0.4) is 0 Å². The van der Waals surface area contributed by atoms with Crippen molar-refractivity contribution in [1.29, 1.82) is 0 Å². The fourth-order valence-electron chi connectivity index (χ4n) is 2.83. The number of likely N-dealkylation sites (N-methyl/N-ethyl adjacent to an activating group) is 2. The highest BCUT2D eigenvalue weighted by Crippen LogP contribution is 2.26. The van der Waals surface area contributed by atoms with E-state index in [2.05, 4.69) is 19.0 Å². The van der Waals surface area contributed by atoms with Gasteiger partial charge in [-0.3, -0.25) is 4.79 Å². The predicted molar refractivity (Wildman–Crippen MR) is 75.3 cm³/mol. The second-order valence-corrected chi connectivity index (χ2v) is 6.10. The monoisotopic (exact) mass is 255 g/mol. The molecule has 4 heteroatoms. The van der Waals surface area contributed by atoms with Gasteiger partial charge in [-0.1, -0.05) is 26.7 Å².